The quantitative estimate of drug-likeness (QED) is 0.516. The first-order valence-electron chi connectivity index (χ1n) is 11.6. The highest BCUT2D eigenvalue weighted by Gasteiger charge is 2.28. The van der Waals surface area contributed by atoms with Gasteiger partial charge in [0.2, 0.25) is 0 Å². The molecule has 0 aromatic heterocycles. The molecule has 1 aliphatic carbocycles. The molecule has 30 heavy (non-hydrogen) atoms. The summed E-state index contributed by atoms with van der Waals surface area (Å²) in [4.78, 5) is 26.6. The first-order valence-corrected chi connectivity index (χ1v) is 11.6. The van der Waals surface area contributed by atoms with Crippen LogP contribution in [0.2, 0.25) is 0 Å². The number of hydrogen-bond donors (Lipinski definition) is 2. The molecule has 0 heterocycles. The molecule has 7 nitrogen and oxygen atoms in total. The number of rotatable bonds is 10. The second-order valence-electron chi connectivity index (χ2n) is 10.3. The topological polar surface area (TPSA) is 79.9 Å². The van der Waals surface area contributed by atoms with E-state index in [9.17, 15) is 9.59 Å². The summed E-state index contributed by atoms with van der Waals surface area (Å²) >= 11 is 0. The monoisotopic (exact) mass is 427 g/mol. The number of nitrogens with zero attached hydrogens (tertiary/aromatic N) is 1. The van der Waals surface area contributed by atoms with Crippen LogP contribution in [0.25, 0.3) is 0 Å². The van der Waals surface area contributed by atoms with Crippen molar-refractivity contribution in [1.29, 1.82) is 0 Å². The van der Waals surface area contributed by atoms with E-state index in [2.05, 4.69) is 22.5 Å². The van der Waals surface area contributed by atoms with Crippen LogP contribution in [0.15, 0.2) is 0 Å². The molecule has 2 atom stereocenters. The fraction of sp³-hybridized carbons (Fsp3) is 0.913. The molecule has 0 radical (unpaired) electrons. The average molecular weight is 428 g/mol. The van der Waals surface area contributed by atoms with E-state index in [1.807, 2.05) is 41.5 Å². The number of esters is 1. The van der Waals surface area contributed by atoms with Gasteiger partial charge in [0, 0.05) is 25.2 Å². The number of nitrogens with one attached hydrogen (secondary N) is 2. The standard InChI is InChI=1S/C23H45N3O4/c1-8-9-15-26(17-20(27)29-22(2,3)4)16-14-24-18-12-10-11-13-19(18)25-21(28)30-23(5,6)7/h18-19,24H,8-17H2,1-7H3,(H,25,28)/t18-,19-/m0/s1. The van der Waals surface area contributed by atoms with Gasteiger partial charge < -0.3 is 20.1 Å². The largest absolute Gasteiger partial charge is 0.459 e. The summed E-state index contributed by atoms with van der Waals surface area (Å²) < 4.78 is 10.9. The number of unbranched alkanes of at least 4 members (excludes halogenated alkanes) is 1. The molecule has 0 aliphatic heterocycles. The zero-order valence-corrected chi connectivity index (χ0v) is 20.3. The van der Waals surface area contributed by atoms with Gasteiger partial charge in [-0.3, -0.25) is 9.69 Å². The van der Waals surface area contributed by atoms with E-state index in [0.717, 1.165) is 58.2 Å². The van der Waals surface area contributed by atoms with Gasteiger partial charge in [0.25, 0.3) is 0 Å². The molecule has 1 rings (SSSR count). The Kier molecular flexibility index (Phi) is 11.1. The highest BCUT2D eigenvalue weighted by Crippen LogP contribution is 2.19. The molecule has 0 aromatic rings. The molecule has 1 aliphatic rings. The lowest BCUT2D eigenvalue weighted by atomic mass is 9.90. The van der Waals surface area contributed by atoms with E-state index in [0.29, 0.717) is 6.54 Å². The molecule has 1 saturated carbocycles. The van der Waals surface area contributed by atoms with Gasteiger partial charge >= 0.3 is 12.1 Å². The Morgan fingerprint density at radius 1 is 0.933 bits per heavy atom. The Morgan fingerprint density at radius 2 is 1.53 bits per heavy atom. The molecular formula is C23H45N3O4. The van der Waals surface area contributed by atoms with Gasteiger partial charge in [-0.05, 0) is 67.3 Å². The van der Waals surface area contributed by atoms with Crippen molar-refractivity contribution in [3.63, 3.8) is 0 Å². The van der Waals surface area contributed by atoms with Gasteiger partial charge in [-0.1, -0.05) is 26.2 Å². The predicted octanol–water partition coefficient (Wildman–Crippen LogP) is 3.86. The zero-order valence-electron chi connectivity index (χ0n) is 20.3. The molecule has 0 bridgehead atoms. The second kappa shape index (κ2) is 12.5. The van der Waals surface area contributed by atoms with Crippen LogP contribution in [0, 0.1) is 0 Å². The van der Waals surface area contributed by atoms with E-state index in [-0.39, 0.29) is 24.1 Å². The van der Waals surface area contributed by atoms with Gasteiger partial charge in [0.05, 0.1) is 6.54 Å². The third-order valence-corrected chi connectivity index (χ3v) is 4.90. The van der Waals surface area contributed by atoms with Crippen molar-refractivity contribution < 1.29 is 19.1 Å². The summed E-state index contributed by atoms with van der Waals surface area (Å²) in [6.07, 6.45) is 6.03. The summed E-state index contributed by atoms with van der Waals surface area (Å²) in [5.74, 6) is -0.180. The van der Waals surface area contributed by atoms with Crippen molar-refractivity contribution >= 4 is 12.1 Å². The molecular weight excluding hydrogens is 382 g/mol. The second-order valence-corrected chi connectivity index (χ2v) is 10.3. The third kappa shape index (κ3) is 12.4. The molecule has 1 fully saturated rings. The molecule has 1 amide bonds. The smallest absolute Gasteiger partial charge is 0.407 e. The van der Waals surface area contributed by atoms with Crippen molar-refractivity contribution in [3.05, 3.63) is 0 Å². The first-order chi connectivity index (χ1) is 13.9. The van der Waals surface area contributed by atoms with Crippen molar-refractivity contribution in [3.8, 4) is 0 Å². The van der Waals surface area contributed by atoms with E-state index in [1.165, 1.54) is 0 Å². The van der Waals surface area contributed by atoms with Crippen molar-refractivity contribution in [2.45, 2.75) is 110 Å². The van der Waals surface area contributed by atoms with Crippen LogP contribution in [0.5, 0.6) is 0 Å². The average Bonchev–Trinajstić information content (AvgIpc) is 2.57. The molecule has 2 N–H and O–H groups in total. The molecule has 176 valence electrons. The molecule has 0 aromatic carbocycles. The van der Waals surface area contributed by atoms with Gasteiger partial charge in [0.1, 0.15) is 11.2 Å². The fourth-order valence-corrected chi connectivity index (χ4v) is 3.62. The maximum absolute atomic E-state index is 12.2. The van der Waals surface area contributed by atoms with Gasteiger partial charge in [-0.25, -0.2) is 4.79 Å². The third-order valence-electron chi connectivity index (χ3n) is 4.90. The van der Waals surface area contributed by atoms with Crippen LogP contribution in [-0.4, -0.2) is 66.4 Å². The Morgan fingerprint density at radius 3 is 2.10 bits per heavy atom. The Hall–Kier alpha value is -1.34. The minimum absolute atomic E-state index is 0.0727. The predicted molar refractivity (Wildman–Crippen MR) is 121 cm³/mol. The summed E-state index contributed by atoms with van der Waals surface area (Å²) in [7, 11) is 0. The highest BCUT2D eigenvalue weighted by molar-refractivity contribution is 5.72. The maximum Gasteiger partial charge on any atom is 0.407 e. The number of amides is 1. The summed E-state index contributed by atoms with van der Waals surface area (Å²) in [6.45, 7) is 16.2. The van der Waals surface area contributed by atoms with Crippen LogP contribution >= 0.6 is 0 Å². The van der Waals surface area contributed by atoms with Crippen LogP contribution in [0.3, 0.4) is 0 Å². The van der Waals surface area contributed by atoms with Crippen LogP contribution in [0.1, 0.15) is 87.0 Å². The number of hydrogen-bond acceptors (Lipinski definition) is 6. The molecule has 0 unspecified atom stereocenters. The van der Waals surface area contributed by atoms with Crippen molar-refractivity contribution in [1.82, 2.24) is 15.5 Å². The first kappa shape index (κ1) is 26.7. The lowest BCUT2D eigenvalue weighted by molar-refractivity contribution is -0.156. The summed E-state index contributed by atoms with van der Waals surface area (Å²) in [6, 6.07) is 0.296. The minimum Gasteiger partial charge on any atom is -0.459 e. The Balaban J connectivity index is 2.53. The number of carbonyl (C=O) groups excluding carboxylic acids is 2. The van der Waals surface area contributed by atoms with E-state index in [1.54, 1.807) is 0 Å². The minimum atomic E-state index is -0.497. The van der Waals surface area contributed by atoms with Crippen LogP contribution in [-0.2, 0) is 14.3 Å². The van der Waals surface area contributed by atoms with E-state index in [4.69, 9.17) is 9.47 Å². The summed E-state index contributed by atoms with van der Waals surface area (Å²) in [5, 5.41) is 6.65. The highest BCUT2D eigenvalue weighted by atomic mass is 16.6. The lowest BCUT2D eigenvalue weighted by Gasteiger charge is -2.34. The number of carbonyl (C=O) groups is 2. The number of alkyl carbamates (subject to hydrolysis) is 1. The van der Waals surface area contributed by atoms with Gasteiger partial charge in [0.15, 0.2) is 0 Å². The molecule has 0 spiro atoms. The van der Waals surface area contributed by atoms with E-state index >= 15 is 0 Å². The zero-order chi connectivity index (χ0) is 22.8. The van der Waals surface area contributed by atoms with E-state index < -0.39 is 11.2 Å². The van der Waals surface area contributed by atoms with Crippen molar-refractivity contribution in [2.24, 2.45) is 0 Å². The SMILES string of the molecule is CCCCN(CCN[C@H]1CCCC[C@@H]1NC(=O)OC(C)(C)C)CC(=O)OC(C)(C)C. The van der Waals surface area contributed by atoms with Gasteiger partial charge in [-0.2, -0.15) is 0 Å². The Bertz CT molecular complexity index is 526. The maximum atomic E-state index is 12.2. The lowest BCUT2D eigenvalue weighted by Crippen LogP contribution is -2.53. The van der Waals surface area contributed by atoms with Crippen LogP contribution < -0.4 is 10.6 Å². The van der Waals surface area contributed by atoms with Crippen LogP contribution in [0.4, 0.5) is 4.79 Å². The normalized spacial score (nSPS) is 20.1. The van der Waals surface area contributed by atoms with Crippen molar-refractivity contribution in [2.75, 3.05) is 26.2 Å². The number of ether oxygens (including phenoxy) is 2. The van der Waals surface area contributed by atoms with Gasteiger partial charge in [-0.15, -0.1) is 0 Å². The molecule has 0 saturated heterocycles. The molecule has 7 heteroatoms. The fourth-order valence-electron chi connectivity index (χ4n) is 3.62. The Labute approximate surface area is 183 Å². The summed E-state index contributed by atoms with van der Waals surface area (Å²) in [5.41, 5.74) is -0.961.